The van der Waals surface area contributed by atoms with E-state index >= 15 is 4.39 Å². The largest absolute Gasteiger partial charge is 0.435 e. The van der Waals surface area contributed by atoms with Crippen molar-refractivity contribution in [2.75, 3.05) is 11.1 Å². The topological polar surface area (TPSA) is 162 Å². The van der Waals surface area contributed by atoms with Crippen LogP contribution in [0.15, 0.2) is 71.6 Å². The van der Waals surface area contributed by atoms with Crippen molar-refractivity contribution in [3.05, 3.63) is 83.9 Å². The summed E-state index contributed by atoms with van der Waals surface area (Å²) in [6, 6.07) is 13.9. The van der Waals surface area contributed by atoms with Gasteiger partial charge in [-0.3, -0.25) is 9.89 Å². The number of benzene rings is 3. The number of H-pyrrole nitrogens is 1. The molecule has 0 atom stereocenters. The first-order valence-electron chi connectivity index (χ1n) is 11.0. The minimum Gasteiger partial charge on any atom is -0.382 e. The van der Waals surface area contributed by atoms with E-state index in [-0.39, 0.29) is 33.2 Å². The van der Waals surface area contributed by atoms with Crippen molar-refractivity contribution in [2.24, 2.45) is 5.14 Å². The summed E-state index contributed by atoms with van der Waals surface area (Å²) < 4.78 is 80.1. The first-order chi connectivity index (χ1) is 18.3. The Bertz CT molecular complexity index is 1860. The lowest BCUT2D eigenvalue weighted by Crippen LogP contribution is -2.17. The minimum atomic E-state index is -4.87. The lowest BCUT2D eigenvalue weighted by molar-refractivity contribution is -0.141. The number of nitrogens with two attached hydrogens (primary N) is 2. The maximum Gasteiger partial charge on any atom is 0.435 e. The molecule has 0 bridgehead atoms. The summed E-state index contributed by atoms with van der Waals surface area (Å²) in [6.45, 7) is 0. The molecule has 0 spiro atoms. The number of aromatic amines is 1. The van der Waals surface area contributed by atoms with Gasteiger partial charge in [0.1, 0.15) is 11.5 Å². The van der Waals surface area contributed by atoms with Crippen LogP contribution in [0.25, 0.3) is 27.7 Å². The Morgan fingerprint density at radius 2 is 1.77 bits per heavy atom. The van der Waals surface area contributed by atoms with Gasteiger partial charge >= 0.3 is 6.18 Å². The van der Waals surface area contributed by atoms with Crippen LogP contribution in [-0.2, 0) is 16.2 Å². The predicted octanol–water partition coefficient (Wildman–Crippen LogP) is 4.06. The number of alkyl halides is 3. The van der Waals surface area contributed by atoms with Crippen molar-refractivity contribution < 1.29 is 30.8 Å². The molecular weight excluding hydrogens is 542 g/mol. The van der Waals surface area contributed by atoms with Gasteiger partial charge in [-0.1, -0.05) is 24.3 Å². The van der Waals surface area contributed by atoms with Crippen LogP contribution in [0.4, 0.5) is 29.1 Å². The standard InChI is InChI=1S/C24H17F4N7O3S/c25-16-9-12(14-3-1-2-4-20(14)39(30,37)38)5-7-18(16)31-23(36)19-11-21(24(26,27)28)34-35(19)13-6-8-17-15(10-13)22(29)33-32-17/h1-11H,(H,31,36)(H3,29,32,33)(H2,30,37,38). The molecule has 10 nitrogen and oxygen atoms in total. The molecular formula is C24H17F4N7O3S. The molecule has 0 fully saturated rings. The molecule has 39 heavy (non-hydrogen) atoms. The third-order valence-electron chi connectivity index (χ3n) is 5.77. The normalized spacial score (nSPS) is 12.1. The summed E-state index contributed by atoms with van der Waals surface area (Å²) in [7, 11) is -4.12. The molecule has 1 amide bonds. The van der Waals surface area contributed by atoms with E-state index in [1.54, 1.807) is 0 Å². The maximum atomic E-state index is 15.0. The van der Waals surface area contributed by atoms with Crippen molar-refractivity contribution in [3.8, 4) is 16.8 Å². The number of sulfonamides is 1. The average molecular weight is 560 g/mol. The van der Waals surface area contributed by atoms with Crippen LogP contribution in [0.1, 0.15) is 16.2 Å². The lowest BCUT2D eigenvalue weighted by atomic mass is 10.0. The number of rotatable bonds is 5. The van der Waals surface area contributed by atoms with E-state index in [9.17, 15) is 26.4 Å². The highest BCUT2D eigenvalue weighted by molar-refractivity contribution is 7.89. The average Bonchev–Trinajstić information content (AvgIpc) is 3.49. The fourth-order valence-corrected chi connectivity index (χ4v) is 4.72. The molecule has 0 aliphatic heterocycles. The Morgan fingerprint density at radius 1 is 1.03 bits per heavy atom. The van der Waals surface area contributed by atoms with Crippen molar-refractivity contribution in [1.82, 2.24) is 20.0 Å². The number of amides is 1. The van der Waals surface area contributed by atoms with Gasteiger partial charge in [0.05, 0.1) is 21.8 Å². The van der Waals surface area contributed by atoms with E-state index in [4.69, 9.17) is 10.9 Å². The number of fused-ring (bicyclic) bond motifs is 1. The van der Waals surface area contributed by atoms with Gasteiger partial charge in [0, 0.05) is 17.0 Å². The van der Waals surface area contributed by atoms with Crippen LogP contribution in [0.2, 0.25) is 0 Å². The molecule has 0 unspecified atom stereocenters. The van der Waals surface area contributed by atoms with E-state index in [1.807, 2.05) is 0 Å². The maximum absolute atomic E-state index is 15.0. The van der Waals surface area contributed by atoms with E-state index in [0.717, 1.165) is 16.8 Å². The zero-order valence-electron chi connectivity index (χ0n) is 19.5. The molecule has 0 saturated carbocycles. The summed E-state index contributed by atoms with van der Waals surface area (Å²) in [5.41, 5.74) is 4.39. The molecule has 200 valence electrons. The number of carbonyl (C=O) groups excluding carboxylic acids is 1. The number of nitrogens with zero attached hydrogens (tertiary/aromatic N) is 3. The van der Waals surface area contributed by atoms with Crippen molar-refractivity contribution in [3.63, 3.8) is 0 Å². The van der Waals surface area contributed by atoms with Gasteiger partial charge in [-0.15, -0.1) is 0 Å². The molecule has 3 aromatic carbocycles. The Morgan fingerprint density at radius 3 is 2.46 bits per heavy atom. The molecule has 5 rings (SSSR count). The quantitative estimate of drug-likeness (QED) is 0.238. The summed E-state index contributed by atoms with van der Waals surface area (Å²) in [5.74, 6) is -1.97. The third kappa shape index (κ3) is 4.92. The first-order valence-corrected chi connectivity index (χ1v) is 12.5. The van der Waals surface area contributed by atoms with Crippen LogP contribution >= 0.6 is 0 Å². The second-order valence-corrected chi connectivity index (χ2v) is 9.88. The van der Waals surface area contributed by atoms with Crippen LogP contribution in [-0.4, -0.2) is 34.3 Å². The van der Waals surface area contributed by atoms with Gasteiger partial charge < -0.3 is 11.1 Å². The molecule has 5 aromatic rings. The summed E-state index contributed by atoms with van der Waals surface area (Å²) in [6.07, 6.45) is -4.87. The number of primary sulfonamides is 1. The Kier molecular flexibility index (Phi) is 6.11. The molecule has 15 heteroatoms. The second-order valence-electron chi connectivity index (χ2n) is 8.35. The number of carbonyl (C=O) groups is 1. The second kappa shape index (κ2) is 9.21. The van der Waals surface area contributed by atoms with Crippen molar-refractivity contribution in [2.45, 2.75) is 11.1 Å². The lowest BCUT2D eigenvalue weighted by Gasteiger charge is -2.12. The smallest absolute Gasteiger partial charge is 0.382 e. The fraction of sp³-hybridized carbons (Fsp3) is 0.0417. The highest BCUT2D eigenvalue weighted by Gasteiger charge is 2.36. The number of aromatic nitrogens is 4. The van der Waals surface area contributed by atoms with Crippen molar-refractivity contribution >= 4 is 38.3 Å². The fourth-order valence-electron chi connectivity index (χ4n) is 3.96. The highest BCUT2D eigenvalue weighted by Crippen LogP contribution is 2.32. The van der Waals surface area contributed by atoms with Gasteiger partial charge in [0.2, 0.25) is 10.0 Å². The molecule has 0 radical (unpaired) electrons. The van der Waals surface area contributed by atoms with Crippen LogP contribution < -0.4 is 16.2 Å². The van der Waals surface area contributed by atoms with Crippen molar-refractivity contribution in [1.29, 1.82) is 0 Å². The van der Waals surface area contributed by atoms with E-state index < -0.39 is 39.3 Å². The Hall–Kier alpha value is -4.76. The van der Waals surface area contributed by atoms with Crippen LogP contribution in [0.5, 0.6) is 0 Å². The Balaban J connectivity index is 1.52. The van der Waals surface area contributed by atoms with Gasteiger partial charge in [0.15, 0.2) is 11.5 Å². The zero-order chi connectivity index (χ0) is 28.1. The molecule has 2 aromatic heterocycles. The first kappa shape index (κ1) is 25.9. The molecule has 0 aliphatic rings. The third-order valence-corrected chi connectivity index (χ3v) is 6.74. The van der Waals surface area contributed by atoms with Gasteiger partial charge in [-0.05, 0) is 42.0 Å². The molecule has 0 saturated heterocycles. The van der Waals surface area contributed by atoms with E-state index in [2.05, 4.69) is 20.6 Å². The van der Waals surface area contributed by atoms with Crippen LogP contribution in [0.3, 0.4) is 0 Å². The van der Waals surface area contributed by atoms with Gasteiger partial charge in [-0.2, -0.15) is 23.4 Å². The predicted molar refractivity (Wildman–Crippen MR) is 134 cm³/mol. The SMILES string of the molecule is Nc1n[nH]c2ccc(-n3nc(C(F)(F)F)cc3C(=O)Nc3ccc(-c4ccccc4S(N)(=O)=O)cc3F)cc12. The van der Waals surface area contributed by atoms with Crippen LogP contribution in [0, 0.1) is 5.82 Å². The van der Waals surface area contributed by atoms with Gasteiger partial charge in [-0.25, -0.2) is 22.6 Å². The molecule has 0 aliphatic carbocycles. The summed E-state index contributed by atoms with van der Waals surface area (Å²) >= 11 is 0. The number of hydrogen-bond acceptors (Lipinski definition) is 6. The minimum absolute atomic E-state index is 0.0756. The number of anilines is 2. The number of nitrogens with one attached hydrogen (secondary N) is 2. The molecule has 2 heterocycles. The molecule has 6 N–H and O–H groups in total. The Labute approximate surface area is 217 Å². The van der Waals surface area contributed by atoms with Gasteiger partial charge in [0.25, 0.3) is 5.91 Å². The summed E-state index contributed by atoms with van der Waals surface area (Å²) in [5, 5.41) is 17.9. The number of halogens is 4. The zero-order valence-corrected chi connectivity index (χ0v) is 20.3. The summed E-state index contributed by atoms with van der Waals surface area (Å²) in [4.78, 5) is 12.8. The van der Waals surface area contributed by atoms with E-state index in [0.29, 0.717) is 17.0 Å². The number of nitrogen functional groups attached to an aromatic ring is 1. The monoisotopic (exact) mass is 559 g/mol. The number of hydrogen-bond donors (Lipinski definition) is 4. The highest BCUT2D eigenvalue weighted by atomic mass is 32.2. The van der Waals surface area contributed by atoms with E-state index in [1.165, 1.54) is 48.5 Å².